The maximum absolute atomic E-state index is 13.4. The maximum atomic E-state index is 13.4. The summed E-state index contributed by atoms with van der Waals surface area (Å²) < 4.78 is 0. The molecule has 3 atom stereocenters. The summed E-state index contributed by atoms with van der Waals surface area (Å²) >= 11 is 12.7. The van der Waals surface area contributed by atoms with Crippen LogP contribution in [0.4, 0.5) is 0 Å². The van der Waals surface area contributed by atoms with Crippen LogP contribution in [0.15, 0.2) is 30.4 Å². The SMILES string of the molecule is CC[C@@H](C(=O)NC(C)C)N(Cc1c(Cl)cccc1Cl)C(=O)CCN1C(=O)[C@H]2CC=CC[C@H]2C1=O. The Labute approximate surface area is 210 Å². The highest BCUT2D eigenvalue weighted by Crippen LogP contribution is 2.35. The minimum Gasteiger partial charge on any atom is -0.352 e. The van der Waals surface area contributed by atoms with Crippen LogP contribution in [0.5, 0.6) is 0 Å². The molecule has 34 heavy (non-hydrogen) atoms. The number of nitrogens with one attached hydrogen (secondary N) is 1. The quantitative estimate of drug-likeness (QED) is 0.404. The van der Waals surface area contributed by atoms with E-state index in [1.54, 1.807) is 18.2 Å². The Morgan fingerprint density at radius 2 is 1.65 bits per heavy atom. The Kier molecular flexibility index (Phi) is 8.77. The normalized spacial score (nSPS) is 20.5. The molecular formula is C25H31Cl2N3O4. The molecule has 9 heteroatoms. The van der Waals surface area contributed by atoms with Gasteiger partial charge in [0, 0.05) is 41.2 Å². The van der Waals surface area contributed by atoms with Crippen molar-refractivity contribution in [1.29, 1.82) is 0 Å². The number of benzene rings is 1. The molecule has 4 amide bonds. The summed E-state index contributed by atoms with van der Waals surface area (Å²) in [6.07, 6.45) is 5.24. The summed E-state index contributed by atoms with van der Waals surface area (Å²) in [6, 6.07) is 4.22. The number of amides is 4. The van der Waals surface area contributed by atoms with E-state index in [-0.39, 0.29) is 61.0 Å². The van der Waals surface area contributed by atoms with Crippen molar-refractivity contribution in [1.82, 2.24) is 15.1 Å². The summed E-state index contributed by atoms with van der Waals surface area (Å²) in [5, 5.41) is 3.65. The highest BCUT2D eigenvalue weighted by Gasteiger charge is 2.47. The number of imide groups is 1. The van der Waals surface area contributed by atoms with E-state index in [2.05, 4.69) is 5.32 Å². The van der Waals surface area contributed by atoms with Gasteiger partial charge in [0.25, 0.3) is 0 Å². The second-order valence-corrected chi connectivity index (χ2v) is 9.86. The lowest BCUT2D eigenvalue weighted by molar-refractivity contribution is -0.144. The number of hydrogen-bond donors (Lipinski definition) is 1. The minimum absolute atomic E-state index is 0.0154. The molecule has 0 bridgehead atoms. The van der Waals surface area contributed by atoms with Gasteiger partial charge >= 0.3 is 0 Å². The van der Waals surface area contributed by atoms with Crippen molar-refractivity contribution in [3.63, 3.8) is 0 Å². The molecule has 1 fully saturated rings. The van der Waals surface area contributed by atoms with Crippen LogP contribution >= 0.6 is 23.2 Å². The Hall–Kier alpha value is -2.38. The molecule has 184 valence electrons. The minimum atomic E-state index is -0.751. The number of carbonyl (C=O) groups is 4. The zero-order valence-corrected chi connectivity index (χ0v) is 21.2. The monoisotopic (exact) mass is 507 g/mol. The molecule has 0 saturated carbocycles. The van der Waals surface area contributed by atoms with Gasteiger partial charge in [0.15, 0.2) is 0 Å². The van der Waals surface area contributed by atoms with Gasteiger partial charge in [0.2, 0.25) is 23.6 Å². The summed E-state index contributed by atoms with van der Waals surface area (Å²) in [5.74, 6) is -1.76. The first-order valence-corrected chi connectivity index (χ1v) is 12.4. The third-order valence-corrected chi connectivity index (χ3v) is 7.06. The lowest BCUT2D eigenvalue weighted by Gasteiger charge is -2.32. The van der Waals surface area contributed by atoms with Crippen molar-refractivity contribution in [2.75, 3.05) is 6.54 Å². The Balaban J connectivity index is 1.80. The molecule has 7 nitrogen and oxygen atoms in total. The Morgan fingerprint density at radius 1 is 1.09 bits per heavy atom. The molecule has 1 saturated heterocycles. The molecule has 1 aromatic carbocycles. The highest BCUT2D eigenvalue weighted by molar-refractivity contribution is 6.36. The van der Waals surface area contributed by atoms with E-state index in [4.69, 9.17) is 23.2 Å². The number of allylic oxidation sites excluding steroid dienone is 2. The van der Waals surface area contributed by atoms with E-state index in [0.29, 0.717) is 34.9 Å². The maximum Gasteiger partial charge on any atom is 0.243 e. The average Bonchev–Trinajstić information content (AvgIpc) is 3.03. The van der Waals surface area contributed by atoms with Crippen molar-refractivity contribution in [2.24, 2.45) is 11.8 Å². The predicted molar refractivity (Wildman–Crippen MR) is 131 cm³/mol. The molecule has 0 spiro atoms. The van der Waals surface area contributed by atoms with Crippen LogP contribution in [-0.2, 0) is 25.7 Å². The van der Waals surface area contributed by atoms with Crippen molar-refractivity contribution in [3.05, 3.63) is 46.0 Å². The van der Waals surface area contributed by atoms with E-state index in [1.807, 2.05) is 32.9 Å². The molecule has 1 N–H and O–H groups in total. The Bertz CT molecular complexity index is 948. The zero-order chi connectivity index (χ0) is 25.0. The van der Waals surface area contributed by atoms with E-state index in [9.17, 15) is 19.2 Å². The van der Waals surface area contributed by atoms with E-state index >= 15 is 0 Å². The summed E-state index contributed by atoms with van der Waals surface area (Å²) in [5.41, 5.74) is 0.542. The van der Waals surface area contributed by atoms with Gasteiger partial charge < -0.3 is 10.2 Å². The van der Waals surface area contributed by atoms with Gasteiger partial charge in [0.1, 0.15) is 6.04 Å². The molecule has 0 aromatic heterocycles. The fourth-order valence-corrected chi connectivity index (χ4v) is 5.11. The second kappa shape index (κ2) is 11.4. The van der Waals surface area contributed by atoms with Crippen molar-refractivity contribution < 1.29 is 19.2 Å². The van der Waals surface area contributed by atoms with Gasteiger partial charge in [-0.25, -0.2) is 0 Å². The van der Waals surface area contributed by atoms with Crippen LogP contribution in [-0.4, -0.2) is 52.1 Å². The summed E-state index contributed by atoms with van der Waals surface area (Å²) in [7, 11) is 0. The van der Waals surface area contributed by atoms with Crippen LogP contribution in [0.2, 0.25) is 10.0 Å². The molecule has 1 heterocycles. The highest BCUT2D eigenvalue weighted by atomic mass is 35.5. The van der Waals surface area contributed by atoms with Gasteiger partial charge in [-0.15, -0.1) is 0 Å². The molecule has 1 aromatic rings. The average molecular weight is 508 g/mol. The number of likely N-dealkylation sites (tertiary alicyclic amines) is 1. The molecule has 2 aliphatic rings. The molecule has 0 unspecified atom stereocenters. The number of nitrogens with zero attached hydrogens (tertiary/aromatic N) is 2. The standard InChI is InChI=1S/C25H31Cl2N3O4/c1-4-21(23(32)28-15(2)3)30(14-18-19(26)10-7-11-20(18)27)22(31)12-13-29-24(33)16-8-5-6-9-17(16)25(29)34/h5-7,10-11,15-17,21H,4,8-9,12-14H2,1-3H3,(H,28,32)/t16-,17+,21-/m0/s1. The van der Waals surface area contributed by atoms with E-state index < -0.39 is 6.04 Å². The smallest absolute Gasteiger partial charge is 0.243 e. The Morgan fingerprint density at radius 3 is 2.15 bits per heavy atom. The molecule has 1 aliphatic heterocycles. The van der Waals surface area contributed by atoms with Gasteiger partial charge in [-0.1, -0.05) is 48.3 Å². The molecule has 1 aliphatic carbocycles. The molecule has 3 rings (SSSR count). The first kappa shape index (κ1) is 26.2. The van der Waals surface area contributed by atoms with Crippen molar-refractivity contribution >= 4 is 46.8 Å². The fourth-order valence-electron chi connectivity index (χ4n) is 4.59. The number of fused-ring (bicyclic) bond motifs is 1. The summed E-state index contributed by atoms with van der Waals surface area (Å²) in [4.78, 5) is 54.6. The number of rotatable bonds is 9. The van der Waals surface area contributed by atoms with Gasteiger partial charge in [-0.3, -0.25) is 24.1 Å². The van der Waals surface area contributed by atoms with Crippen LogP contribution in [0.1, 0.15) is 52.0 Å². The summed E-state index contributed by atoms with van der Waals surface area (Å²) in [6.45, 7) is 5.54. The topological polar surface area (TPSA) is 86.8 Å². The number of hydrogen-bond acceptors (Lipinski definition) is 4. The lowest BCUT2D eigenvalue weighted by atomic mass is 9.85. The van der Waals surface area contributed by atoms with Crippen molar-refractivity contribution in [3.8, 4) is 0 Å². The zero-order valence-electron chi connectivity index (χ0n) is 19.7. The second-order valence-electron chi connectivity index (χ2n) is 9.04. The van der Waals surface area contributed by atoms with E-state index in [1.165, 1.54) is 9.80 Å². The van der Waals surface area contributed by atoms with Crippen LogP contribution in [0.25, 0.3) is 0 Å². The van der Waals surface area contributed by atoms with Gasteiger partial charge in [-0.2, -0.15) is 0 Å². The van der Waals surface area contributed by atoms with Crippen LogP contribution < -0.4 is 5.32 Å². The first-order chi connectivity index (χ1) is 16.1. The van der Waals surface area contributed by atoms with Crippen LogP contribution in [0.3, 0.4) is 0 Å². The first-order valence-electron chi connectivity index (χ1n) is 11.7. The molecule has 0 radical (unpaired) electrons. The van der Waals surface area contributed by atoms with Crippen LogP contribution in [0, 0.1) is 11.8 Å². The third kappa shape index (κ3) is 5.63. The number of carbonyl (C=O) groups excluding carboxylic acids is 4. The third-order valence-electron chi connectivity index (χ3n) is 6.36. The predicted octanol–water partition coefficient (Wildman–Crippen LogP) is 3.97. The fraction of sp³-hybridized carbons (Fsp3) is 0.520. The van der Waals surface area contributed by atoms with Gasteiger partial charge in [-0.05, 0) is 45.2 Å². The van der Waals surface area contributed by atoms with Crippen molar-refractivity contribution in [2.45, 2.75) is 65.1 Å². The number of halogens is 2. The van der Waals surface area contributed by atoms with Gasteiger partial charge in [0.05, 0.1) is 11.8 Å². The largest absolute Gasteiger partial charge is 0.352 e. The van der Waals surface area contributed by atoms with E-state index in [0.717, 1.165) is 0 Å². The lowest BCUT2D eigenvalue weighted by Crippen LogP contribution is -2.51. The molecular weight excluding hydrogens is 477 g/mol.